The SMILES string of the molecule is NCC(=O)O.O=P([O-])([O-])[O-].O=P([O-])([O-])[O-].[Ca+2].[Ca+2].[Ca+2]. The Balaban J connectivity index is -0.0000000277. The molecule has 0 bridgehead atoms. The summed E-state index contributed by atoms with van der Waals surface area (Å²) in [6.07, 6.45) is 0. The third-order valence-electron chi connectivity index (χ3n) is 0.175. The van der Waals surface area contributed by atoms with Crippen LogP contribution in [0.4, 0.5) is 0 Å². The molecule has 0 fully saturated rings. The first kappa shape index (κ1) is 37.6. The minimum absolute atomic E-state index is 0. The summed E-state index contributed by atoms with van der Waals surface area (Å²) in [5.41, 5.74) is 4.57. The number of carbonyl (C=O) groups is 1. The summed E-state index contributed by atoms with van der Waals surface area (Å²) in [5.74, 6) is -0.968. The number of hydrogen-bond donors (Lipinski definition) is 2. The van der Waals surface area contributed by atoms with Crippen molar-refractivity contribution in [3.8, 4) is 0 Å². The van der Waals surface area contributed by atoms with E-state index in [4.69, 9.17) is 43.6 Å². The number of aliphatic carboxylic acids is 1. The number of phosphoric acid groups is 2. The van der Waals surface area contributed by atoms with Crippen molar-refractivity contribution in [3.63, 3.8) is 0 Å². The molecule has 11 nitrogen and oxygen atoms in total. The molecule has 0 saturated carbocycles. The van der Waals surface area contributed by atoms with Crippen molar-refractivity contribution in [2.45, 2.75) is 0 Å². The number of carboxylic acid groups (broad SMARTS) is 1. The van der Waals surface area contributed by atoms with Crippen molar-refractivity contribution in [2.24, 2.45) is 5.73 Å². The molecule has 0 aromatic heterocycles. The van der Waals surface area contributed by atoms with Gasteiger partial charge in [-0.15, -0.1) is 0 Å². The molecule has 0 radical (unpaired) electrons. The summed E-state index contributed by atoms with van der Waals surface area (Å²) in [7, 11) is -10.8. The molecule has 0 rings (SSSR count). The Morgan fingerprint density at radius 2 is 0.944 bits per heavy atom. The van der Waals surface area contributed by atoms with Crippen LogP contribution in [-0.4, -0.2) is 131 Å². The zero-order chi connectivity index (χ0) is 13.3. The second-order valence-corrected chi connectivity index (χ2v) is 3.28. The first-order chi connectivity index (χ1) is 6.27. The molecule has 0 aliphatic rings. The Bertz CT molecular complexity index is 225. The van der Waals surface area contributed by atoms with Crippen LogP contribution < -0.4 is 35.1 Å². The summed E-state index contributed by atoms with van der Waals surface area (Å²) in [5, 5.41) is 7.60. The molecule has 0 amide bonds. The van der Waals surface area contributed by atoms with Crippen molar-refractivity contribution < 1.29 is 48.4 Å². The monoisotopic (exact) mass is 385 g/mol. The third-order valence-corrected chi connectivity index (χ3v) is 0.175. The quantitative estimate of drug-likeness (QED) is 0.317. The van der Waals surface area contributed by atoms with Crippen molar-refractivity contribution in [2.75, 3.05) is 6.54 Å². The number of nitrogens with two attached hydrogens (primary N) is 1. The van der Waals surface area contributed by atoms with Crippen LogP contribution in [0.2, 0.25) is 0 Å². The van der Waals surface area contributed by atoms with E-state index in [2.05, 4.69) is 5.73 Å². The zero-order valence-electron chi connectivity index (χ0n) is 8.92. The summed E-state index contributed by atoms with van der Waals surface area (Å²) >= 11 is 0. The average Bonchev–Trinajstić information content (AvgIpc) is 1.79. The standard InChI is InChI=1S/C2H5NO2.3Ca.2H3O4P/c3-1-2(4)5;;;;2*1-5(2,3)4/h1,3H2,(H,4,5);;;;2*(H3,1,2,3,4)/q;3*+2;;/p-6. The molecule has 0 saturated heterocycles. The molecule has 16 heteroatoms. The van der Waals surface area contributed by atoms with Crippen molar-refractivity contribution in [3.05, 3.63) is 0 Å². The van der Waals surface area contributed by atoms with Gasteiger partial charge in [-0.3, -0.25) is 4.79 Å². The summed E-state index contributed by atoms with van der Waals surface area (Å²) in [4.78, 5) is 60.5. The summed E-state index contributed by atoms with van der Waals surface area (Å²) < 4.78 is 17.1. The van der Waals surface area contributed by atoms with Crippen LogP contribution in [-0.2, 0) is 13.9 Å². The molecule has 0 atom stereocenters. The second-order valence-electron chi connectivity index (χ2n) is 1.49. The van der Waals surface area contributed by atoms with Crippen molar-refractivity contribution >= 4 is 135 Å². The van der Waals surface area contributed by atoms with E-state index in [0.717, 1.165) is 0 Å². The van der Waals surface area contributed by atoms with Crippen molar-refractivity contribution in [1.82, 2.24) is 0 Å². The predicted octanol–water partition coefficient (Wildman–Crippen LogP) is -7.76. The van der Waals surface area contributed by atoms with Gasteiger partial charge in [0.15, 0.2) is 0 Å². The smallest absolute Gasteiger partial charge is 0.822 e. The normalized spacial score (nSPS) is 8.61. The van der Waals surface area contributed by atoms with Gasteiger partial charge >= 0.3 is 119 Å². The fourth-order valence-corrected chi connectivity index (χ4v) is 0. The average molecular weight is 385 g/mol. The van der Waals surface area contributed by atoms with Crippen LogP contribution in [0.3, 0.4) is 0 Å². The fourth-order valence-electron chi connectivity index (χ4n) is 0. The van der Waals surface area contributed by atoms with Gasteiger partial charge in [-0.2, -0.15) is 15.6 Å². The minimum atomic E-state index is -5.39. The van der Waals surface area contributed by atoms with E-state index in [0.29, 0.717) is 0 Å². The van der Waals surface area contributed by atoms with E-state index in [1.54, 1.807) is 0 Å². The van der Waals surface area contributed by atoms with Crippen LogP contribution in [0.15, 0.2) is 0 Å². The maximum atomic E-state index is 9.24. The van der Waals surface area contributed by atoms with Crippen LogP contribution in [0.1, 0.15) is 0 Å². The van der Waals surface area contributed by atoms with E-state index in [-0.39, 0.29) is 120 Å². The number of carboxylic acids is 1. The van der Waals surface area contributed by atoms with Gasteiger partial charge in [-0.25, -0.2) is 0 Å². The molecule has 94 valence electrons. The van der Waals surface area contributed by atoms with E-state index in [9.17, 15) is 4.79 Å². The Kier molecular flexibility index (Phi) is 42.6. The third kappa shape index (κ3) is 224. The molecule has 0 aromatic rings. The Labute approximate surface area is 192 Å². The van der Waals surface area contributed by atoms with E-state index in [1.165, 1.54) is 0 Å². The molecule has 18 heavy (non-hydrogen) atoms. The van der Waals surface area contributed by atoms with Gasteiger partial charge in [0.25, 0.3) is 0 Å². The molecule has 0 heterocycles. The minimum Gasteiger partial charge on any atom is -0.822 e. The molecular formula is C2H5Ca3NO10P2. The van der Waals surface area contributed by atoms with Gasteiger partial charge in [0, 0.05) is 0 Å². The second kappa shape index (κ2) is 20.4. The molecule has 0 aliphatic carbocycles. The van der Waals surface area contributed by atoms with Gasteiger partial charge in [-0.05, 0) is 0 Å². The van der Waals surface area contributed by atoms with Gasteiger partial charge < -0.3 is 49.3 Å². The largest absolute Gasteiger partial charge is 2.00 e. The van der Waals surface area contributed by atoms with Gasteiger partial charge in [0.1, 0.15) is 0 Å². The van der Waals surface area contributed by atoms with Crippen molar-refractivity contribution in [1.29, 1.82) is 0 Å². The van der Waals surface area contributed by atoms with E-state index >= 15 is 0 Å². The fraction of sp³-hybridized carbons (Fsp3) is 0.500. The van der Waals surface area contributed by atoms with Crippen LogP contribution >= 0.6 is 15.6 Å². The summed E-state index contributed by atoms with van der Waals surface area (Å²) in [6.45, 7) is -0.278. The van der Waals surface area contributed by atoms with Crippen LogP contribution in [0.5, 0.6) is 0 Å². The zero-order valence-corrected chi connectivity index (χ0v) is 17.3. The molecule has 0 aliphatic heterocycles. The molecule has 0 spiro atoms. The molecule has 3 N–H and O–H groups in total. The summed E-state index contributed by atoms with van der Waals surface area (Å²) in [6, 6.07) is 0. The predicted molar refractivity (Wildman–Crippen MR) is 49.2 cm³/mol. The maximum Gasteiger partial charge on any atom is 2.00 e. The van der Waals surface area contributed by atoms with Crippen LogP contribution in [0.25, 0.3) is 0 Å². The van der Waals surface area contributed by atoms with E-state index in [1.807, 2.05) is 0 Å². The molecular weight excluding hydrogens is 380 g/mol. The van der Waals surface area contributed by atoms with Gasteiger partial charge in [0.2, 0.25) is 0 Å². The molecule has 0 unspecified atom stereocenters. The van der Waals surface area contributed by atoms with Gasteiger partial charge in [-0.1, -0.05) is 0 Å². The Morgan fingerprint density at radius 3 is 0.944 bits per heavy atom. The van der Waals surface area contributed by atoms with Crippen LogP contribution in [0, 0.1) is 0 Å². The number of rotatable bonds is 1. The topological polar surface area (TPSA) is 236 Å². The molecule has 0 aromatic carbocycles. The first-order valence-corrected chi connectivity index (χ1v) is 5.57. The Hall–Kier alpha value is 3.43. The van der Waals surface area contributed by atoms with E-state index < -0.39 is 21.6 Å². The first-order valence-electron chi connectivity index (χ1n) is 2.65. The van der Waals surface area contributed by atoms with Gasteiger partial charge in [0.05, 0.1) is 6.54 Å². The maximum absolute atomic E-state index is 9.24. The Morgan fingerprint density at radius 1 is 0.889 bits per heavy atom. The number of hydrogen-bond acceptors (Lipinski definition) is 10.